The first-order valence-electron chi connectivity index (χ1n) is 7.31. The standard InChI is InChI=1S/C17H17F2NO4S/c1-24-11-13-4-2-12(3-5-13)10-20-16(21)14-6-8-15(9-7-14)25(22,23)17(18)19/h2-9,17H,10-11H2,1H3,(H,20,21). The molecule has 0 unspecified atom stereocenters. The molecule has 1 amide bonds. The van der Waals surface area contributed by atoms with Gasteiger partial charge in [-0.2, -0.15) is 8.78 Å². The molecule has 0 fully saturated rings. The highest BCUT2D eigenvalue weighted by Crippen LogP contribution is 2.18. The summed E-state index contributed by atoms with van der Waals surface area (Å²) in [7, 11) is -3.06. The van der Waals surface area contributed by atoms with Crippen molar-refractivity contribution in [2.75, 3.05) is 7.11 Å². The summed E-state index contributed by atoms with van der Waals surface area (Å²) < 4.78 is 52.6. The highest BCUT2D eigenvalue weighted by atomic mass is 32.2. The van der Waals surface area contributed by atoms with Crippen molar-refractivity contribution in [3.8, 4) is 0 Å². The highest BCUT2D eigenvalue weighted by Gasteiger charge is 2.26. The minimum Gasteiger partial charge on any atom is -0.380 e. The van der Waals surface area contributed by atoms with Crippen LogP contribution in [0.4, 0.5) is 8.78 Å². The van der Waals surface area contributed by atoms with Crippen LogP contribution < -0.4 is 5.32 Å². The number of alkyl halides is 2. The zero-order valence-electron chi connectivity index (χ0n) is 13.4. The molecule has 0 spiro atoms. The molecule has 0 saturated carbocycles. The third kappa shape index (κ3) is 4.83. The molecular formula is C17H17F2NO4S. The number of ether oxygens (including phenoxy) is 1. The van der Waals surface area contributed by atoms with Crippen LogP contribution in [0.5, 0.6) is 0 Å². The number of halogens is 2. The van der Waals surface area contributed by atoms with E-state index in [1.807, 2.05) is 24.3 Å². The topological polar surface area (TPSA) is 72.5 Å². The van der Waals surface area contributed by atoms with E-state index in [2.05, 4.69) is 5.32 Å². The van der Waals surface area contributed by atoms with E-state index >= 15 is 0 Å². The van der Waals surface area contributed by atoms with Gasteiger partial charge in [0.25, 0.3) is 5.91 Å². The molecule has 2 aromatic rings. The van der Waals surface area contributed by atoms with E-state index in [1.54, 1.807) is 7.11 Å². The quantitative estimate of drug-likeness (QED) is 0.815. The van der Waals surface area contributed by atoms with Gasteiger partial charge in [-0.05, 0) is 35.4 Å². The van der Waals surface area contributed by atoms with Gasteiger partial charge in [0, 0.05) is 19.2 Å². The Morgan fingerprint density at radius 1 is 1.04 bits per heavy atom. The van der Waals surface area contributed by atoms with E-state index < -0.39 is 26.4 Å². The molecule has 0 aliphatic carbocycles. The van der Waals surface area contributed by atoms with Gasteiger partial charge in [0.05, 0.1) is 11.5 Å². The Hall–Kier alpha value is -2.32. The lowest BCUT2D eigenvalue weighted by Gasteiger charge is -2.08. The fourth-order valence-corrected chi connectivity index (χ4v) is 2.82. The SMILES string of the molecule is COCc1ccc(CNC(=O)c2ccc(S(=O)(=O)C(F)F)cc2)cc1. The van der Waals surface area contributed by atoms with Crippen molar-refractivity contribution in [2.24, 2.45) is 0 Å². The predicted molar refractivity (Wildman–Crippen MR) is 88.0 cm³/mol. The first kappa shape index (κ1) is 19.0. The summed E-state index contributed by atoms with van der Waals surface area (Å²) >= 11 is 0. The van der Waals surface area contributed by atoms with Crippen molar-refractivity contribution in [3.05, 3.63) is 65.2 Å². The van der Waals surface area contributed by atoms with Gasteiger partial charge in [0.2, 0.25) is 9.84 Å². The molecule has 0 heterocycles. The molecule has 2 rings (SSSR count). The van der Waals surface area contributed by atoms with Crippen molar-refractivity contribution >= 4 is 15.7 Å². The number of methoxy groups -OCH3 is 1. The van der Waals surface area contributed by atoms with Gasteiger partial charge in [-0.25, -0.2) is 8.42 Å². The molecule has 0 atom stereocenters. The van der Waals surface area contributed by atoms with Gasteiger partial charge in [-0.3, -0.25) is 4.79 Å². The van der Waals surface area contributed by atoms with Crippen LogP contribution in [0.15, 0.2) is 53.4 Å². The van der Waals surface area contributed by atoms with Gasteiger partial charge >= 0.3 is 5.76 Å². The summed E-state index contributed by atoms with van der Waals surface area (Å²) in [5, 5.41) is 2.68. The number of rotatable bonds is 7. The molecule has 8 heteroatoms. The summed E-state index contributed by atoms with van der Waals surface area (Å²) in [6, 6.07) is 11.9. The number of amides is 1. The zero-order chi connectivity index (χ0) is 18.4. The van der Waals surface area contributed by atoms with Crippen molar-refractivity contribution < 1.29 is 26.7 Å². The number of sulfone groups is 1. The van der Waals surface area contributed by atoms with E-state index in [4.69, 9.17) is 4.74 Å². The van der Waals surface area contributed by atoms with Crippen LogP contribution in [-0.2, 0) is 27.7 Å². The second-order valence-corrected chi connectivity index (χ2v) is 7.18. The average Bonchev–Trinajstić information content (AvgIpc) is 2.61. The molecular weight excluding hydrogens is 352 g/mol. The zero-order valence-corrected chi connectivity index (χ0v) is 14.2. The molecule has 1 N–H and O–H groups in total. The van der Waals surface area contributed by atoms with E-state index in [0.717, 1.165) is 23.3 Å². The Morgan fingerprint density at radius 2 is 1.60 bits per heavy atom. The summed E-state index contributed by atoms with van der Waals surface area (Å²) in [6.07, 6.45) is 0. The lowest BCUT2D eigenvalue weighted by atomic mass is 10.1. The molecule has 0 aliphatic rings. The lowest BCUT2D eigenvalue weighted by molar-refractivity contribution is 0.0951. The van der Waals surface area contributed by atoms with Crippen LogP contribution in [0.3, 0.4) is 0 Å². The van der Waals surface area contributed by atoms with Gasteiger partial charge in [-0.1, -0.05) is 24.3 Å². The summed E-state index contributed by atoms with van der Waals surface area (Å²) in [6.45, 7) is 0.781. The maximum absolute atomic E-state index is 12.5. The number of carbonyl (C=O) groups is 1. The number of nitrogens with one attached hydrogen (secondary N) is 1. The number of hydrogen-bond donors (Lipinski definition) is 1. The summed E-state index contributed by atoms with van der Waals surface area (Å²) in [4.78, 5) is 11.5. The van der Waals surface area contributed by atoms with E-state index in [0.29, 0.717) is 6.61 Å². The molecule has 0 radical (unpaired) electrons. The first-order valence-corrected chi connectivity index (χ1v) is 8.86. The highest BCUT2D eigenvalue weighted by molar-refractivity contribution is 7.91. The Balaban J connectivity index is 1.99. The minimum absolute atomic E-state index is 0.184. The fraction of sp³-hybridized carbons (Fsp3) is 0.235. The molecule has 0 saturated heterocycles. The predicted octanol–water partition coefficient (Wildman–Crippen LogP) is 2.76. The lowest BCUT2D eigenvalue weighted by Crippen LogP contribution is -2.23. The van der Waals surface area contributed by atoms with Crippen LogP contribution in [0.25, 0.3) is 0 Å². The van der Waals surface area contributed by atoms with E-state index in [9.17, 15) is 22.0 Å². The second-order valence-electron chi connectivity index (χ2n) is 5.26. The molecule has 0 aliphatic heterocycles. The van der Waals surface area contributed by atoms with Crippen molar-refractivity contribution in [2.45, 2.75) is 23.8 Å². The molecule has 2 aromatic carbocycles. The Morgan fingerprint density at radius 3 is 2.12 bits per heavy atom. The molecule has 5 nitrogen and oxygen atoms in total. The Labute approximate surface area is 144 Å². The maximum atomic E-state index is 12.5. The minimum atomic E-state index is -4.66. The van der Waals surface area contributed by atoms with Crippen molar-refractivity contribution in [1.82, 2.24) is 5.32 Å². The van der Waals surface area contributed by atoms with Crippen LogP contribution in [0.1, 0.15) is 21.5 Å². The third-order valence-corrected chi connectivity index (χ3v) is 4.87. The molecule has 0 aromatic heterocycles. The van der Waals surface area contributed by atoms with Crippen molar-refractivity contribution in [1.29, 1.82) is 0 Å². The number of carbonyl (C=O) groups excluding carboxylic acids is 1. The van der Waals surface area contributed by atoms with E-state index in [1.165, 1.54) is 12.1 Å². The third-order valence-electron chi connectivity index (χ3n) is 3.47. The average molecular weight is 369 g/mol. The van der Waals surface area contributed by atoms with E-state index in [-0.39, 0.29) is 12.1 Å². The van der Waals surface area contributed by atoms with Crippen molar-refractivity contribution in [3.63, 3.8) is 0 Å². The van der Waals surface area contributed by atoms with Crippen LogP contribution in [0.2, 0.25) is 0 Å². The molecule has 25 heavy (non-hydrogen) atoms. The largest absolute Gasteiger partial charge is 0.380 e. The summed E-state index contributed by atoms with van der Waals surface area (Å²) in [5.74, 6) is -3.92. The van der Waals surface area contributed by atoms with Crippen LogP contribution in [-0.4, -0.2) is 27.2 Å². The van der Waals surface area contributed by atoms with Crippen LogP contribution >= 0.6 is 0 Å². The van der Waals surface area contributed by atoms with Gasteiger partial charge in [0.1, 0.15) is 0 Å². The normalized spacial score (nSPS) is 11.5. The van der Waals surface area contributed by atoms with Gasteiger partial charge in [-0.15, -0.1) is 0 Å². The Bertz CT molecular complexity index is 819. The second kappa shape index (κ2) is 8.17. The summed E-state index contributed by atoms with van der Waals surface area (Å²) in [5.41, 5.74) is 2.07. The van der Waals surface area contributed by atoms with Crippen LogP contribution in [0, 0.1) is 0 Å². The smallest absolute Gasteiger partial charge is 0.341 e. The molecule has 134 valence electrons. The number of benzene rings is 2. The number of hydrogen-bond acceptors (Lipinski definition) is 4. The first-order chi connectivity index (χ1) is 11.8. The van der Waals surface area contributed by atoms with Gasteiger partial charge < -0.3 is 10.1 Å². The molecule has 0 bridgehead atoms. The maximum Gasteiger partial charge on any atom is 0.341 e. The Kier molecular flexibility index (Phi) is 6.22. The fourth-order valence-electron chi connectivity index (χ4n) is 2.10. The monoisotopic (exact) mass is 369 g/mol. The van der Waals surface area contributed by atoms with Gasteiger partial charge in [0.15, 0.2) is 0 Å².